The lowest BCUT2D eigenvalue weighted by atomic mass is 9.79. The van der Waals surface area contributed by atoms with Crippen molar-refractivity contribution >= 4 is 28.9 Å². The molecule has 1 atom stereocenters. The first-order valence-corrected chi connectivity index (χ1v) is 27.7. The zero-order valence-corrected chi connectivity index (χ0v) is 46.7. The first-order valence-electron chi connectivity index (χ1n) is 27.7. The second-order valence-electron chi connectivity index (χ2n) is 19.2. The predicted octanol–water partition coefficient (Wildman–Crippen LogP) is 4.76. The second kappa shape index (κ2) is 36.3. The molecular formula is C55H74F3N9O17. The first kappa shape index (κ1) is 66.5. The van der Waals surface area contributed by atoms with Gasteiger partial charge in [0.15, 0.2) is 5.82 Å². The van der Waals surface area contributed by atoms with Crippen molar-refractivity contribution in [1.29, 1.82) is 0 Å². The van der Waals surface area contributed by atoms with Crippen LogP contribution in [-0.4, -0.2) is 210 Å². The highest BCUT2D eigenvalue weighted by molar-refractivity contribution is 5.97. The van der Waals surface area contributed by atoms with Crippen LogP contribution in [0.15, 0.2) is 73.2 Å². The van der Waals surface area contributed by atoms with E-state index >= 15 is 0 Å². The number of nitrogens with one attached hydrogen (secondary N) is 3. The molecule has 6 rings (SSSR count). The standard InChI is InChI=1S/C55H74F3N9O17/c56-55(57,58)43-34-42(53(69)63-39-51(68)65-14-8-45(40-65)64-44-6-9-54(70,10-7-44)50-5-2-41(38-62-50)52-60-11-1-12-61-52)35-47(36-43)84-33-32-83-31-30-82-29-28-81-27-26-80-25-24-79-23-22-78-21-20-77-19-18-76-17-16-75-15-13-59-48-4-3-46(66(71)72)37-49(48)67(73)74/h1-5,11-12,34-38,44-45,59,64,70H,6-10,13-33,39-40H2,(H,63,69). The molecule has 2 aromatic carbocycles. The number of nitro groups is 2. The fourth-order valence-electron chi connectivity index (χ4n) is 8.84. The van der Waals surface area contributed by atoms with Crippen molar-refractivity contribution in [2.75, 3.05) is 157 Å². The Bertz CT molecular complexity index is 2610. The highest BCUT2D eigenvalue weighted by Crippen LogP contribution is 2.37. The second-order valence-corrected chi connectivity index (χ2v) is 19.2. The van der Waals surface area contributed by atoms with Crippen molar-refractivity contribution in [3.8, 4) is 17.1 Å². The number of carbonyl (C=O) groups is 2. The van der Waals surface area contributed by atoms with Crippen LogP contribution in [0.2, 0.25) is 0 Å². The maximum Gasteiger partial charge on any atom is 0.416 e. The van der Waals surface area contributed by atoms with Gasteiger partial charge in [-0.3, -0.25) is 34.8 Å². The molecule has 2 amide bonds. The Balaban J connectivity index is 0.693. The van der Waals surface area contributed by atoms with Crippen LogP contribution in [0.25, 0.3) is 11.4 Å². The minimum atomic E-state index is -4.76. The van der Waals surface area contributed by atoms with Gasteiger partial charge in [-0.25, -0.2) is 9.97 Å². The molecular weight excluding hydrogens is 1120 g/mol. The summed E-state index contributed by atoms with van der Waals surface area (Å²) in [6.45, 7) is 6.38. The molecule has 0 spiro atoms. The van der Waals surface area contributed by atoms with Crippen molar-refractivity contribution in [3.05, 3.63) is 110 Å². The summed E-state index contributed by atoms with van der Waals surface area (Å²) in [5.74, 6) is -0.842. The number of benzene rings is 2. The molecule has 4 N–H and O–H groups in total. The Morgan fingerprint density at radius 1 is 0.667 bits per heavy atom. The van der Waals surface area contributed by atoms with Gasteiger partial charge in [-0.15, -0.1) is 0 Å². The molecule has 84 heavy (non-hydrogen) atoms. The number of alkyl halides is 3. The monoisotopic (exact) mass is 1190 g/mol. The van der Waals surface area contributed by atoms with Gasteiger partial charge in [-0.1, -0.05) is 0 Å². The van der Waals surface area contributed by atoms with E-state index in [1.165, 1.54) is 18.2 Å². The summed E-state index contributed by atoms with van der Waals surface area (Å²) in [6, 6.07) is 11.6. The van der Waals surface area contributed by atoms with Gasteiger partial charge in [0.1, 0.15) is 23.6 Å². The van der Waals surface area contributed by atoms with E-state index in [-0.39, 0.29) is 85.9 Å². The van der Waals surface area contributed by atoms with E-state index < -0.39 is 39.6 Å². The molecule has 2 aromatic heterocycles. The number of non-ortho nitro benzene ring substituents is 1. The van der Waals surface area contributed by atoms with E-state index in [9.17, 15) is 48.1 Å². The number of halogens is 3. The number of nitro benzene ring substituents is 2. The quantitative estimate of drug-likeness (QED) is 0.0264. The van der Waals surface area contributed by atoms with Crippen LogP contribution in [0.4, 0.5) is 30.2 Å². The summed E-state index contributed by atoms with van der Waals surface area (Å²) in [5.41, 5.74) is -1.69. The molecule has 1 saturated carbocycles. The molecule has 29 heteroatoms. The average molecular weight is 1190 g/mol. The van der Waals surface area contributed by atoms with Crippen LogP contribution in [0.5, 0.6) is 5.75 Å². The number of nitrogens with zero attached hydrogens (tertiary/aromatic N) is 6. The zero-order valence-electron chi connectivity index (χ0n) is 46.7. The first-order chi connectivity index (χ1) is 40.7. The van der Waals surface area contributed by atoms with Gasteiger partial charge in [0.25, 0.3) is 17.3 Å². The van der Waals surface area contributed by atoms with Crippen LogP contribution >= 0.6 is 0 Å². The third kappa shape index (κ3) is 23.8. The zero-order chi connectivity index (χ0) is 59.8. The molecule has 462 valence electrons. The number of rotatable bonds is 41. The number of pyridine rings is 1. The lowest BCUT2D eigenvalue weighted by molar-refractivity contribution is -0.393. The topological polar surface area (TPSA) is 311 Å². The van der Waals surface area contributed by atoms with Gasteiger partial charge in [-0.05, 0) is 74.6 Å². The van der Waals surface area contributed by atoms with Crippen molar-refractivity contribution in [1.82, 2.24) is 30.5 Å². The summed E-state index contributed by atoms with van der Waals surface area (Å²) >= 11 is 0. The van der Waals surface area contributed by atoms with Crippen molar-refractivity contribution in [2.45, 2.75) is 56.0 Å². The summed E-state index contributed by atoms with van der Waals surface area (Å²) < 4.78 is 96.3. The lowest BCUT2D eigenvalue weighted by Gasteiger charge is -2.37. The van der Waals surface area contributed by atoms with Crippen LogP contribution in [-0.2, 0) is 59.2 Å². The van der Waals surface area contributed by atoms with Crippen LogP contribution < -0.4 is 20.7 Å². The van der Waals surface area contributed by atoms with Crippen molar-refractivity contribution in [3.63, 3.8) is 0 Å². The maximum atomic E-state index is 13.8. The van der Waals surface area contributed by atoms with Crippen LogP contribution in [0, 0.1) is 20.2 Å². The number of ether oxygens (including phenoxy) is 10. The Hall–Kier alpha value is -6.64. The third-order valence-electron chi connectivity index (χ3n) is 13.2. The maximum absolute atomic E-state index is 13.8. The molecule has 3 heterocycles. The van der Waals surface area contributed by atoms with E-state index in [0.717, 1.165) is 17.7 Å². The number of aromatic nitrogens is 3. The fraction of sp³-hybridized carbons (Fsp3) is 0.582. The molecule has 2 aliphatic rings. The molecule has 1 aliphatic heterocycles. The predicted molar refractivity (Wildman–Crippen MR) is 294 cm³/mol. The van der Waals surface area contributed by atoms with Gasteiger partial charge in [0, 0.05) is 67.5 Å². The van der Waals surface area contributed by atoms with Gasteiger partial charge in [0.2, 0.25) is 5.91 Å². The molecule has 4 aromatic rings. The molecule has 26 nitrogen and oxygen atoms in total. The van der Waals surface area contributed by atoms with Crippen molar-refractivity contribution in [2.24, 2.45) is 0 Å². The largest absolute Gasteiger partial charge is 0.491 e. The lowest BCUT2D eigenvalue weighted by Crippen LogP contribution is -2.46. The molecule has 2 fully saturated rings. The normalized spacial score (nSPS) is 17.1. The van der Waals surface area contributed by atoms with Gasteiger partial charge in [0.05, 0.1) is 153 Å². The van der Waals surface area contributed by atoms with E-state index in [0.29, 0.717) is 155 Å². The molecule has 0 radical (unpaired) electrons. The SMILES string of the molecule is O=C(NCC(=O)N1CCC(NC2CCC(O)(c3ccc(-c4ncccn4)cn3)CC2)C1)c1cc(OCCOCCOCCOCCOCCOCCOCCOCCOCCOCCNc2ccc([N+](=O)[O-])cc2[N+](=O)[O-])cc(C(F)(F)F)c1. The number of hydrogen-bond acceptors (Lipinski definition) is 22. The van der Waals surface area contributed by atoms with Crippen molar-refractivity contribution < 1.29 is 85.1 Å². The van der Waals surface area contributed by atoms with Crippen LogP contribution in [0.1, 0.15) is 53.7 Å². The highest BCUT2D eigenvalue weighted by atomic mass is 19.4. The van der Waals surface area contributed by atoms with E-state index in [2.05, 4.69) is 30.9 Å². The fourth-order valence-corrected chi connectivity index (χ4v) is 8.84. The number of amides is 2. The minimum absolute atomic E-state index is 0.00629. The Labute approximate surface area is 483 Å². The van der Waals surface area contributed by atoms with E-state index in [1.807, 2.05) is 12.1 Å². The summed E-state index contributed by atoms with van der Waals surface area (Å²) in [6.07, 6.45) is 3.33. The highest BCUT2D eigenvalue weighted by Gasteiger charge is 2.38. The van der Waals surface area contributed by atoms with Gasteiger partial charge >= 0.3 is 6.18 Å². The number of carbonyl (C=O) groups excluding carboxylic acids is 2. The minimum Gasteiger partial charge on any atom is -0.491 e. The number of anilines is 1. The molecule has 1 saturated heterocycles. The number of aliphatic hydroxyl groups is 1. The van der Waals surface area contributed by atoms with E-state index in [4.69, 9.17) is 47.4 Å². The molecule has 0 bridgehead atoms. The van der Waals surface area contributed by atoms with Gasteiger partial charge in [-0.2, -0.15) is 13.2 Å². The van der Waals surface area contributed by atoms with Crippen LogP contribution in [0.3, 0.4) is 0 Å². The number of likely N-dealkylation sites (tertiary alicyclic amines) is 1. The molecule has 1 unspecified atom stereocenters. The summed E-state index contributed by atoms with van der Waals surface area (Å²) in [4.78, 5) is 61.5. The summed E-state index contributed by atoms with van der Waals surface area (Å²) in [5, 5.41) is 42.4. The Morgan fingerprint density at radius 2 is 1.21 bits per heavy atom. The Kier molecular flexibility index (Phi) is 28.7. The average Bonchev–Trinajstić information content (AvgIpc) is 3.57. The smallest absolute Gasteiger partial charge is 0.416 e. The summed E-state index contributed by atoms with van der Waals surface area (Å²) in [7, 11) is 0. The third-order valence-corrected chi connectivity index (χ3v) is 13.2. The van der Waals surface area contributed by atoms with E-state index in [1.54, 1.807) is 29.6 Å². The molecule has 1 aliphatic carbocycles. The number of hydrogen-bond donors (Lipinski definition) is 4. The Morgan fingerprint density at radius 3 is 1.73 bits per heavy atom. The van der Waals surface area contributed by atoms with Gasteiger partial charge < -0.3 is 73.3 Å².